The minimum atomic E-state index is 0.0572. The number of amides is 1. The fraction of sp³-hybridized carbons (Fsp3) is 0.333. The number of carbonyl (C=O) groups excluding carboxylic acids is 1. The first-order chi connectivity index (χ1) is 12.8. The normalized spacial score (nSPS) is 17.5. The standard InChI is InChI=1S/C21H23N3O2/c25-20(15-26-14-16-7-2-1-3-8-16)24-12-6-9-17(13-24)21-22-18-10-4-5-11-19(18)23-21/h1-5,7-8,10-11,17H,6,9,12-15H2,(H,22,23)/t17-/m1/s1. The number of hydrogen-bond donors (Lipinski definition) is 1. The van der Waals surface area contributed by atoms with Crippen molar-refractivity contribution in [2.24, 2.45) is 0 Å². The number of aromatic amines is 1. The molecule has 2 aromatic carbocycles. The number of aromatic nitrogens is 2. The van der Waals surface area contributed by atoms with Gasteiger partial charge in [-0.05, 0) is 30.5 Å². The number of piperidine rings is 1. The molecule has 4 rings (SSSR count). The quantitative estimate of drug-likeness (QED) is 0.767. The largest absolute Gasteiger partial charge is 0.367 e. The van der Waals surface area contributed by atoms with Crippen LogP contribution < -0.4 is 0 Å². The predicted molar refractivity (Wildman–Crippen MR) is 101 cm³/mol. The van der Waals surface area contributed by atoms with Gasteiger partial charge in [-0.1, -0.05) is 42.5 Å². The molecule has 0 aliphatic carbocycles. The van der Waals surface area contributed by atoms with E-state index in [1.165, 1.54) is 0 Å². The Labute approximate surface area is 153 Å². The lowest BCUT2D eigenvalue weighted by Gasteiger charge is -2.31. The van der Waals surface area contributed by atoms with Gasteiger partial charge in [-0.2, -0.15) is 0 Å². The van der Waals surface area contributed by atoms with Crippen molar-refractivity contribution in [3.63, 3.8) is 0 Å². The van der Waals surface area contributed by atoms with Gasteiger partial charge in [-0.3, -0.25) is 4.79 Å². The van der Waals surface area contributed by atoms with Gasteiger partial charge < -0.3 is 14.6 Å². The Balaban J connectivity index is 1.34. The summed E-state index contributed by atoms with van der Waals surface area (Å²) in [6, 6.07) is 18.0. The van der Waals surface area contributed by atoms with Crippen LogP contribution in [-0.4, -0.2) is 40.5 Å². The molecule has 0 unspecified atom stereocenters. The fourth-order valence-electron chi connectivity index (χ4n) is 3.51. The summed E-state index contributed by atoms with van der Waals surface area (Å²) < 4.78 is 5.61. The zero-order valence-electron chi connectivity index (χ0n) is 14.7. The summed E-state index contributed by atoms with van der Waals surface area (Å²) in [6.07, 6.45) is 2.04. The molecule has 5 nitrogen and oxygen atoms in total. The summed E-state index contributed by atoms with van der Waals surface area (Å²) in [4.78, 5) is 22.5. The third kappa shape index (κ3) is 3.78. The summed E-state index contributed by atoms with van der Waals surface area (Å²) >= 11 is 0. The number of imidazole rings is 1. The number of nitrogens with one attached hydrogen (secondary N) is 1. The number of fused-ring (bicyclic) bond motifs is 1. The zero-order chi connectivity index (χ0) is 17.8. The maximum atomic E-state index is 12.5. The van der Waals surface area contributed by atoms with Gasteiger partial charge in [0.15, 0.2) is 0 Å². The van der Waals surface area contributed by atoms with Crippen molar-refractivity contribution in [1.82, 2.24) is 14.9 Å². The van der Waals surface area contributed by atoms with Crippen molar-refractivity contribution in [3.8, 4) is 0 Å². The maximum Gasteiger partial charge on any atom is 0.248 e. The lowest BCUT2D eigenvalue weighted by molar-refractivity contribution is -0.137. The van der Waals surface area contributed by atoms with Crippen LogP contribution in [0.15, 0.2) is 54.6 Å². The lowest BCUT2D eigenvalue weighted by atomic mass is 9.97. The molecule has 2 heterocycles. The molecular weight excluding hydrogens is 326 g/mol. The fourth-order valence-corrected chi connectivity index (χ4v) is 3.51. The van der Waals surface area contributed by atoms with Crippen molar-refractivity contribution in [3.05, 3.63) is 66.0 Å². The Morgan fingerprint density at radius 1 is 1.15 bits per heavy atom. The molecule has 5 heteroatoms. The van der Waals surface area contributed by atoms with Gasteiger partial charge in [0.1, 0.15) is 12.4 Å². The van der Waals surface area contributed by atoms with Crippen LogP contribution in [0, 0.1) is 0 Å². The van der Waals surface area contributed by atoms with E-state index in [0.717, 1.165) is 41.8 Å². The molecule has 1 atom stereocenters. The number of ether oxygens (including phenoxy) is 1. The number of para-hydroxylation sites is 2. The second kappa shape index (κ2) is 7.70. The highest BCUT2D eigenvalue weighted by Gasteiger charge is 2.26. The summed E-state index contributed by atoms with van der Waals surface area (Å²) in [7, 11) is 0. The number of nitrogens with zero attached hydrogens (tertiary/aromatic N) is 2. The molecule has 0 saturated carbocycles. The highest BCUT2D eigenvalue weighted by Crippen LogP contribution is 2.26. The van der Waals surface area contributed by atoms with Crippen LogP contribution in [0.2, 0.25) is 0 Å². The number of carbonyl (C=O) groups is 1. The number of hydrogen-bond acceptors (Lipinski definition) is 3. The smallest absolute Gasteiger partial charge is 0.248 e. The van der Waals surface area contributed by atoms with Crippen molar-refractivity contribution in [2.75, 3.05) is 19.7 Å². The van der Waals surface area contributed by atoms with Gasteiger partial charge >= 0.3 is 0 Å². The highest BCUT2D eigenvalue weighted by atomic mass is 16.5. The molecule has 134 valence electrons. The minimum Gasteiger partial charge on any atom is -0.367 e. The molecule has 1 aliphatic rings. The molecule has 1 N–H and O–H groups in total. The van der Waals surface area contributed by atoms with E-state index in [1.54, 1.807) is 0 Å². The van der Waals surface area contributed by atoms with Crippen LogP contribution in [0.3, 0.4) is 0 Å². The van der Waals surface area contributed by atoms with Gasteiger partial charge in [0, 0.05) is 19.0 Å². The first-order valence-corrected chi connectivity index (χ1v) is 9.14. The zero-order valence-corrected chi connectivity index (χ0v) is 14.7. The minimum absolute atomic E-state index is 0.0572. The Bertz CT molecular complexity index is 842. The average Bonchev–Trinajstić information content (AvgIpc) is 3.13. The van der Waals surface area contributed by atoms with Crippen molar-refractivity contribution in [1.29, 1.82) is 0 Å². The van der Waals surface area contributed by atoms with Crippen molar-refractivity contribution >= 4 is 16.9 Å². The molecule has 1 amide bonds. The summed E-state index contributed by atoms with van der Waals surface area (Å²) in [6.45, 7) is 2.09. The molecule has 0 bridgehead atoms. The van der Waals surface area contributed by atoms with E-state index in [1.807, 2.05) is 59.5 Å². The first kappa shape index (κ1) is 16.8. The molecule has 1 aromatic heterocycles. The van der Waals surface area contributed by atoms with Gasteiger partial charge in [0.25, 0.3) is 0 Å². The SMILES string of the molecule is O=C(COCc1ccccc1)N1CCC[C@@H](c2nc3ccccc3[nH]2)C1. The van der Waals surface area contributed by atoms with Crippen molar-refractivity contribution < 1.29 is 9.53 Å². The van der Waals surface area contributed by atoms with E-state index in [9.17, 15) is 4.79 Å². The van der Waals surface area contributed by atoms with Crippen LogP contribution >= 0.6 is 0 Å². The van der Waals surface area contributed by atoms with E-state index in [4.69, 9.17) is 9.72 Å². The third-order valence-electron chi connectivity index (χ3n) is 4.91. The second-order valence-electron chi connectivity index (χ2n) is 6.80. The van der Waals surface area contributed by atoms with Gasteiger partial charge in [-0.15, -0.1) is 0 Å². The van der Waals surface area contributed by atoms with E-state index >= 15 is 0 Å². The Morgan fingerprint density at radius 3 is 2.81 bits per heavy atom. The number of H-pyrrole nitrogens is 1. The van der Waals surface area contributed by atoms with E-state index in [2.05, 4.69) is 4.98 Å². The topological polar surface area (TPSA) is 58.2 Å². The molecular formula is C21H23N3O2. The number of likely N-dealkylation sites (tertiary alicyclic amines) is 1. The molecule has 1 aliphatic heterocycles. The van der Waals surface area contributed by atoms with Gasteiger partial charge in [0.05, 0.1) is 17.6 Å². The second-order valence-corrected chi connectivity index (χ2v) is 6.80. The van der Waals surface area contributed by atoms with Crippen molar-refractivity contribution in [2.45, 2.75) is 25.4 Å². The van der Waals surface area contributed by atoms with Gasteiger partial charge in [0.2, 0.25) is 5.91 Å². The van der Waals surface area contributed by atoms with Crippen LogP contribution in [0.5, 0.6) is 0 Å². The number of benzene rings is 2. The Kier molecular flexibility index (Phi) is 4.97. The molecule has 0 spiro atoms. The van der Waals surface area contributed by atoms with E-state index in [0.29, 0.717) is 13.2 Å². The molecule has 1 fully saturated rings. The molecule has 26 heavy (non-hydrogen) atoms. The van der Waals surface area contributed by atoms with Gasteiger partial charge in [-0.25, -0.2) is 4.98 Å². The molecule has 3 aromatic rings. The van der Waals surface area contributed by atoms with E-state index < -0.39 is 0 Å². The maximum absolute atomic E-state index is 12.5. The summed E-state index contributed by atoms with van der Waals surface area (Å²) in [5, 5.41) is 0. The Morgan fingerprint density at radius 2 is 1.96 bits per heavy atom. The monoisotopic (exact) mass is 349 g/mol. The summed E-state index contributed by atoms with van der Waals surface area (Å²) in [5.41, 5.74) is 3.12. The third-order valence-corrected chi connectivity index (χ3v) is 4.91. The predicted octanol–water partition coefficient (Wildman–Crippen LogP) is 3.49. The van der Waals surface area contributed by atoms with Crippen LogP contribution in [0.4, 0.5) is 0 Å². The molecule has 1 saturated heterocycles. The summed E-state index contributed by atoms with van der Waals surface area (Å²) in [5.74, 6) is 1.30. The number of rotatable bonds is 5. The molecule has 0 radical (unpaired) electrons. The first-order valence-electron chi connectivity index (χ1n) is 9.14. The highest BCUT2D eigenvalue weighted by molar-refractivity contribution is 5.78. The van der Waals surface area contributed by atoms with E-state index in [-0.39, 0.29) is 18.4 Å². The van der Waals surface area contributed by atoms with Crippen LogP contribution in [0.25, 0.3) is 11.0 Å². The van der Waals surface area contributed by atoms with Crippen LogP contribution in [0.1, 0.15) is 30.1 Å². The van der Waals surface area contributed by atoms with Crippen LogP contribution in [-0.2, 0) is 16.1 Å². The Hall–Kier alpha value is -2.66. The average molecular weight is 349 g/mol. The lowest BCUT2D eigenvalue weighted by Crippen LogP contribution is -2.41.